The first kappa shape index (κ1) is 20.4. The molecule has 166 valence electrons. The highest BCUT2D eigenvalue weighted by atomic mass is 15.4. The molecule has 0 saturated carbocycles. The number of piperazine rings is 1. The fourth-order valence-corrected chi connectivity index (χ4v) is 3.81. The topological polar surface area (TPSA) is 103 Å². The molecule has 0 radical (unpaired) electrons. The van der Waals surface area contributed by atoms with Crippen LogP contribution in [0.25, 0.3) is 17.0 Å². The molecule has 4 heterocycles. The molecule has 1 aromatic carbocycles. The predicted molar refractivity (Wildman–Crippen MR) is 124 cm³/mol. The Labute approximate surface area is 186 Å². The summed E-state index contributed by atoms with van der Waals surface area (Å²) in [6, 6.07) is 9.92. The summed E-state index contributed by atoms with van der Waals surface area (Å²) in [5, 5.41) is 15.3. The Bertz CT molecular complexity index is 1190. The summed E-state index contributed by atoms with van der Waals surface area (Å²) in [6.45, 7) is 8.55. The molecule has 10 nitrogen and oxygen atoms in total. The van der Waals surface area contributed by atoms with Crippen molar-refractivity contribution >= 4 is 17.5 Å². The number of anilines is 2. The molecule has 2 N–H and O–H groups in total. The van der Waals surface area contributed by atoms with Crippen LogP contribution in [0, 0.1) is 0 Å². The molecule has 0 atom stereocenters. The number of likely N-dealkylation sites (N-methyl/N-ethyl adjacent to an activating group) is 1. The fourth-order valence-electron chi connectivity index (χ4n) is 3.81. The minimum atomic E-state index is 0.318. The van der Waals surface area contributed by atoms with E-state index in [-0.39, 0.29) is 0 Å². The third-order valence-corrected chi connectivity index (χ3v) is 5.77. The summed E-state index contributed by atoms with van der Waals surface area (Å²) in [5.74, 6) is 3.10. The van der Waals surface area contributed by atoms with Gasteiger partial charge in [0.05, 0.1) is 12.7 Å². The number of nitrogens with zero attached hydrogens (tertiary/aromatic N) is 8. The van der Waals surface area contributed by atoms with Crippen LogP contribution in [0.15, 0.2) is 36.5 Å². The molecule has 0 aliphatic carbocycles. The number of aromatic nitrogens is 7. The van der Waals surface area contributed by atoms with Crippen molar-refractivity contribution in [3.63, 3.8) is 0 Å². The number of H-pyrrole nitrogens is 1. The van der Waals surface area contributed by atoms with E-state index in [0.29, 0.717) is 24.2 Å². The van der Waals surface area contributed by atoms with Crippen molar-refractivity contribution in [2.24, 2.45) is 0 Å². The molecule has 1 aliphatic heterocycles. The standard InChI is InChI=1S/C22H28N10/c1-15(2)17-13-24-32-20(17)26-22(31-11-9-30(3)10-12-31)27-21(32)23-14-18-25-19(29-28-18)16-7-5-4-6-8-16/h4-8,13,15H,9-12,14H2,1-3H3,(H,23,26,27)(H,25,28,29). The maximum Gasteiger partial charge on any atom is 0.230 e. The largest absolute Gasteiger partial charge is 0.347 e. The van der Waals surface area contributed by atoms with Gasteiger partial charge in [-0.05, 0) is 13.0 Å². The molecule has 0 spiro atoms. The van der Waals surface area contributed by atoms with Crippen LogP contribution in [-0.2, 0) is 6.54 Å². The lowest BCUT2D eigenvalue weighted by atomic mass is 10.1. The number of nitrogens with one attached hydrogen (secondary N) is 2. The van der Waals surface area contributed by atoms with Gasteiger partial charge < -0.3 is 15.1 Å². The van der Waals surface area contributed by atoms with Gasteiger partial charge in [-0.25, -0.2) is 4.98 Å². The van der Waals surface area contributed by atoms with Crippen LogP contribution < -0.4 is 10.2 Å². The summed E-state index contributed by atoms with van der Waals surface area (Å²) >= 11 is 0. The van der Waals surface area contributed by atoms with Crippen molar-refractivity contribution in [3.8, 4) is 11.4 Å². The molecule has 10 heteroatoms. The summed E-state index contributed by atoms with van der Waals surface area (Å²) in [4.78, 5) is 18.9. The van der Waals surface area contributed by atoms with Crippen LogP contribution in [0.5, 0.6) is 0 Å². The molecule has 1 aliphatic rings. The molecule has 4 aromatic rings. The van der Waals surface area contributed by atoms with E-state index in [2.05, 4.69) is 56.3 Å². The van der Waals surface area contributed by atoms with Crippen molar-refractivity contribution < 1.29 is 0 Å². The lowest BCUT2D eigenvalue weighted by Crippen LogP contribution is -2.45. The zero-order chi connectivity index (χ0) is 22.1. The molecule has 1 fully saturated rings. The van der Waals surface area contributed by atoms with E-state index in [1.807, 2.05) is 36.5 Å². The van der Waals surface area contributed by atoms with Crippen molar-refractivity contribution in [2.45, 2.75) is 26.3 Å². The summed E-state index contributed by atoms with van der Waals surface area (Å²) in [5.41, 5.74) is 2.93. The zero-order valence-electron chi connectivity index (χ0n) is 18.7. The third kappa shape index (κ3) is 4.01. The van der Waals surface area contributed by atoms with E-state index < -0.39 is 0 Å². The van der Waals surface area contributed by atoms with Gasteiger partial charge in [0.1, 0.15) is 5.82 Å². The van der Waals surface area contributed by atoms with Crippen LogP contribution in [0.4, 0.5) is 11.9 Å². The predicted octanol–water partition coefficient (Wildman–Crippen LogP) is 2.40. The van der Waals surface area contributed by atoms with E-state index >= 15 is 0 Å². The van der Waals surface area contributed by atoms with Gasteiger partial charge in [0.15, 0.2) is 11.5 Å². The van der Waals surface area contributed by atoms with Gasteiger partial charge in [0.25, 0.3) is 0 Å². The smallest absolute Gasteiger partial charge is 0.230 e. The second kappa shape index (κ2) is 8.54. The average Bonchev–Trinajstić information content (AvgIpc) is 3.46. The minimum Gasteiger partial charge on any atom is -0.347 e. The highest BCUT2D eigenvalue weighted by Crippen LogP contribution is 2.24. The van der Waals surface area contributed by atoms with E-state index in [1.54, 1.807) is 4.52 Å². The highest BCUT2D eigenvalue weighted by molar-refractivity contribution is 5.57. The number of hydrogen-bond acceptors (Lipinski definition) is 8. The fraction of sp³-hybridized carbons (Fsp3) is 0.409. The first-order valence-corrected chi connectivity index (χ1v) is 11.0. The first-order valence-electron chi connectivity index (χ1n) is 11.0. The quantitative estimate of drug-likeness (QED) is 0.479. The van der Waals surface area contributed by atoms with E-state index in [1.165, 1.54) is 0 Å². The van der Waals surface area contributed by atoms with Crippen LogP contribution in [0.1, 0.15) is 31.2 Å². The number of fused-ring (bicyclic) bond motifs is 1. The minimum absolute atomic E-state index is 0.318. The van der Waals surface area contributed by atoms with Crippen LogP contribution in [0.2, 0.25) is 0 Å². The molecular weight excluding hydrogens is 404 g/mol. The summed E-state index contributed by atoms with van der Waals surface area (Å²) < 4.78 is 1.78. The zero-order valence-corrected chi connectivity index (χ0v) is 18.7. The monoisotopic (exact) mass is 432 g/mol. The van der Waals surface area contributed by atoms with Crippen LogP contribution in [0.3, 0.4) is 0 Å². The van der Waals surface area contributed by atoms with Crippen molar-refractivity contribution in [2.75, 3.05) is 43.4 Å². The molecule has 0 amide bonds. The average molecular weight is 433 g/mol. The maximum atomic E-state index is 4.89. The summed E-state index contributed by atoms with van der Waals surface area (Å²) in [6.07, 6.45) is 1.88. The normalized spacial score (nSPS) is 15.1. The SMILES string of the molecule is CC(C)c1cnn2c(NCc3nc(-c4ccccc4)n[nH]3)nc(N3CCN(C)CC3)nc12. The van der Waals surface area contributed by atoms with Crippen LogP contribution in [-0.4, -0.2) is 72.9 Å². The highest BCUT2D eigenvalue weighted by Gasteiger charge is 2.21. The molecule has 3 aromatic heterocycles. The second-order valence-corrected chi connectivity index (χ2v) is 8.45. The van der Waals surface area contributed by atoms with E-state index in [9.17, 15) is 0 Å². The van der Waals surface area contributed by atoms with Gasteiger partial charge in [-0.3, -0.25) is 5.10 Å². The van der Waals surface area contributed by atoms with E-state index in [0.717, 1.165) is 54.7 Å². The molecule has 0 bridgehead atoms. The van der Waals surface area contributed by atoms with Gasteiger partial charge in [0.2, 0.25) is 11.9 Å². The Morgan fingerprint density at radius 1 is 1.03 bits per heavy atom. The summed E-state index contributed by atoms with van der Waals surface area (Å²) in [7, 11) is 2.14. The number of rotatable bonds is 6. The number of hydrogen-bond donors (Lipinski definition) is 2. The van der Waals surface area contributed by atoms with Crippen molar-refractivity contribution in [3.05, 3.63) is 47.9 Å². The molecule has 5 rings (SSSR count). The Balaban J connectivity index is 1.43. The lowest BCUT2D eigenvalue weighted by molar-refractivity contribution is 0.311. The second-order valence-electron chi connectivity index (χ2n) is 8.45. The van der Waals surface area contributed by atoms with Crippen molar-refractivity contribution in [1.29, 1.82) is 0 Å². The number of aromatic amines is 1. The molecule has 1 saturated heterocycles. The van der Waals surface area contributed by atoms with Crippen LogP contribution >= 0.6 is 0 Å². The first-order chi connectivity index (χ1) is 15.6. The Morgan fingerprint density at radius 2 is 1.81 bits per heavy atom. The van der Waals surface area contributed by atoms with Gasteiger partial charge in [0, 0.05) is 37.3 Å². The van der Waals surface area contributed by atoms with Gasteiger partial charge in [-0.15, -0.1) is 0 Å². The van der Waals surface area contributed by atoms with Gasteiger partial charge >= 0.3 is 0 Å². The Kier molecular flexibility index (Phi) is 5.44. The maximum absolute atomic E-state index is 4.89. The Hall–Kier alpha value is -3.53. The number of benzene rings is 1. The Morgan fingerprint density at radius 3 is 2.56 bits per heavy atom. The lowest BCUT2D eigenvalue weighted by Gasteiger charge is -2.32. The van der Waals surface area contributed by atoms with Crippen molar-refractivity contribution in [1.82, 2.24) is 39.7 Å². The van der Waals surface area contributed by atoms with E-state index in [4.69, 9.17) is 9.97 Å². The van der Waals surface area contributed by atoms with Gasteiger partial charge in [-0.2, -0.15) is 24.7 Å². The van der Waals surface area contributed by atoms with Gasteiger partial charge in [-0.1, -0.05) is 44.2 Å². The third-order valence-electron chi connectivity index (χ3n) is 5.77. The molecule has 0 unspecified atom stereocenters. The molecule has 32 heavy (non-hydrogen) atoms. The molecular formula is C22H28N10.